The van der Waals surface area contributed by atoms with E-state index >= 15 is 0 Å². The van der Waals surface area contributed by atoms with Crippen LogP contribution >= 0.6 is 0 Å². The second-order valence-corrected chi connectivity index (χ2v) is 6.93. The molecule has 0 saturated carbocycles. The maximum absolute atomic E-state index is 12.3. The predicted molar refractivity (Wildman–Crippen MR) is 90.3 cm³/mol. The zero-order chi connectivity index (χ0) is 16.9. The van der Waals surface area contributed by atoms with Gasteiger partial charge in [-0.15, -0.1) is 0 Å². The number of methoxy groups -OCH3 is 1. The second-order valence-electron chi connectivity index (χ2n) is 6.93. The first-order valence-corrected chi connectivity index (χ1v) is 8.22. The lowest BCUT2D eigenvalue weighted by Gasteiger charge is -2.33. The van der Waals surface area contributed by atoms with Gasteiger partial charge in [-0.05, 0) is 57.5 Å². The van der Waals surface area contributed by atoms with E-state index in [2.05, 4.69) is 22.3 Å². The van der Waals surface area contributed by atoms with Gasteiger partial charge in [0, 0.05) is 12.5 Å². The Morgan fingerprint density at radius 2 is 1.91 bits per heavy atom. The molecule has 1 amide bonds. The van der Waals surface area contributed by atoms with Crippen molar-refractivity contribution in [2.75, 3.05) is 26.8 Å². The Morgan fingerprint density at radius 3 is 2.43 bits per heavy atom. The number of aliphatic hydroxyl groups is 1. The Labute approximate surface area is 138 Å². The molecule has 1 heterocycles. The Morgan fingerprint density at radius 1 is 1.30 bits per heavy atom. The molecule has 5 nitrogen and oxygen atoms in total. The summed E-state index contributed by atoms with van der Waals surface area (Å²) in [6.07, 6.45) is 1.73. The maximum atomic E-state index is 12.3. The van der Waals surface area contributed by atoms with Gasteiger partial charge in [-0.3, -0.25) is 9.69 Å². The van der Waals surface area contributed by atoms with Crippen molar-refractivity contribution < 1.29 is 14.6 Å². The minimum Gasteiger partial charge on any atom is -0.497 e. The lowest BCUT2D eigenvalue weighted by molar-refractivity contribution is -0.128. The molecular formula is C18H28N2O3. The topological polar surface area (TPSA) is 61.8 Å². The zero-order valence-corrected chi connectivity index (χ0v) is 14.3. The summed E-state index contributed by atoms with van der Waals surface area (Å²) in [5.74, 6) is 0.983. The third-order valence-corrected chi connectivity index (χ3v) is 4.38. The molecule has 128 valence electrons. The van der Waals surface area contributed by atoms with Gasteiger partial charge in [0.1, 0.15) is 5.75 Å². The van der Waals surface area contributed by atoms with Gasteiger partial charge in [-0.25, -0.2) is 0 Å². The number of nitrogens with one attached hydrogen (secondary N) is 1. The van der Waals surface area contributed by atoms with E-state index in [1.54, 1.807) is 7.11 Å². The van der Waals surface area contributed by atoms with Crippen LogP contribution in [0.15, 0.2) is 24.3 Å². The SMILES string of the molecule is COc1ccc(CN2CCC(C(=O)NC(C)(C)CO)CC2)cc1. The van der Waals surface area contributed by atoms with Crippen molar-refractivity contribution in [1.29, 1.82) is 0 Å². The monoisotopic (exact) mass is 320 g/mol. The van der Waals surface area contributed by atoms with Crippen LogP contribution in [-0.4, -0.2) is 48.3 Å². The molecule has 1 aliphatic heterocycles. The highest BCUT2D eigenvalue weighted by atomic mass is 16.5. The number of amides is 1. The summed E-state index contributed by atoms with van der Waals surface area (Å²) in [6, 6.07) is 8.13. The van der Waals surface area contributed by atoms with Crippen molar-refractivity contribution in [3.05, 3.63) is 29.8 Å². The molecule has 1 saturated heterocycles. The van der Waals surface area contributed by atoms with Crippen molar-refractivity contribution in [3.63, 3.8) is 0 Å². The van der Waals surface area contributed by atoms with Crippen LogP contribution in [0.1, 0.15) is 32.3 Å². The molecule has 2 N–H and O–H groups in total. The molecule has 1 aromatic rings. The van der Waals surface area contributed by atoms with Crippen LogP contribution in [0.5, 0.6) is 5.75 Å². The van der Waals surface area contributed by atoms with Crippen LogP contribution in [0.3, 0.4) is 0 Å². The third kappa shape index (κ3) is 5.22. The van der Waals surface area contributed by atoms with Crippen LogP contribution in [0, 0.1) is 5.92 Å². The number of benzene rings is 1. The molecule has 0 atom stereocenters. The first-order valence-electron chi connectivity index (χ1n) is 8.22. The minimum atomic E-state index is -0.544. The number of carbonyl (C=O) groups is 1. The molecule has 0 unspecified atom stereocenters. The van der Waals surface area contributed by atoms with E-state index in [4.69, 9.17) is 4.74 Å². The van der Waals surface area contributed by atoms with Gasteiger partial charge >= 0.3 is 0 Å². The molecule has 0 aliphatic carbocycles. The molecule has 23 heavy (non-hydrogen) atoms. The largest absolute Gasteiger partial charge is 0.497 e. The number of carbonyl (C=O) groups excluding carboxylic acids is 1. The fourth-order valence-electron chi connectivity index (χ4n) is 2.82. The number of ether oxygens (including phenoxy) is 1. The zero-order valence-electron chi connectivity index (χ0n) is 14.3. The van der Waals surface area contributed by atoms with Gasteiger partial charge in [0.25, 0.3) is 0 Å². The van der Waals surface area contributed by atoms with E-state index in [9.17, 15) is 9.90 Å². The summed E-state index contributed by atoms with van der Waals surface area (Å²) in [4.78, 5) is 14.6. The Kier molecular flexibility index (Phi) is 6.02. The molecule has 0 aromatic heterocycles. The molecule has 1 fully saturated rings. The number of likely N-dealkylation sites (tertiary alicyclic amines) is 1. The van der Waals surface area contributed by atoms with Crippen molar-refractivity contribution in [3.8, 4) is 5.75 Å². The van der Waals surface area contributed by atoms with Gasteiger partial charge in [0.15, 0.2) is 0 Å². The fourth-order valence-corrected chi connectivity index (χ4v) is 2.82. The fraction of sp³-hybridized carbons (Fsp3) is 0.611. The van der Waals surface area contributed by atoms with E-state index in [1.807, 2.05) is 26.0 Å². The lowest BCUT2D eigenvalue weighted by atomic mass is 9.94. The number of piperidine rings is 1. The predicted octanol–water partition coefficient (Wildman–Crippen LogP) is 1.79. The van der Waals surface area contributed by atoms with Crippen LogP contribution in [-0.2, 0) is 11.3 Å². The van der Waals surface area contributed by atoms with Gasteiger partial charge in [-0.2, -0.15) is 0 Å². The van der Waals surface area contributed by atoms with Crippen molar-refractivity contribution >= 4 is 5.91 Å². The highest BCUT2D eigenvalue weighted by molar-refractivity contribution is 5.79. The van der Waals surface area contributed by atoms with E-state index in [-0.39, 0.29) is 18.4 Å². The molecule has 1 aliphatic rings. The van der Waals surface area contributed by atoms with Gasteiger partial charge < -0.3 is 15.2 Å². The Bertz CT molecular complexity index is 506. The van der Waals surface area contributed by atoms with Crippen LogP contribution in [0.4, 0.5) is 0 Å². The second kappa shape index (κ2) is 7.79. The van der Waals surface area contributed by atoms with Crippen molar-refractivity contribution in [2.45, 2.75) is 38.8 Å². The van der Waals surface area contributed by atoms with E-state index in [0.29, 0.717) is 0 Å². The van der Waals surface area contributed by atoms with Gasteiger partial charge in [-0.1, -0.05) is 12.1 Å². The number of hydrogen-bond acceptors (Lipinski definition) is 4. The quantitative estimate of drug-likeness (QED) is 0.839. The molecule has 0 bridgehead atoms. The standard InChI is InChI=1S/C18H28N2O3/c1-18(2,13-21)19-17(22)15-8-10-20(11-9-15)12-14-4-6-16(23-3)7-5-14/h4-7,15,21H,8-13H2,1-3H3,(H,19,22). The lowest BCUT2D eigenvalue weighted by Crippen LogP contribution is -2.50. The minimum absolute atomic E-state index is 0.0466. The highest BCUT2D eigenvalue weighted by Crippen LogP contribution is 2.21. The summed E-state index contributed by atoms with van der Waals surface area (Å²) < 4.78 is 5.17. The molecule has 1 aromatic carbocycles. The average molecular weight is 320 g/mol. The van der Waals surface area contributed by atoms with E-state index in [0.717, 1.165) is 38.2 Å². The van der Waals surface area contributed by atoms with Crippen LogP contribution < -0.4 is 10.1 Å². The number of aliphatic hydroxyl groups excluding tert-OH is 1. The number of nitrogens with zero attached hydrogens (tertiary/aromatic N) is 1. The third-order valence-electron chi connectivity index (χ3n) is 4.38. The number of rotatable bonds is 6. The smallest absolute Gasteiger partial charge is 0.223 e. The molecule has 0 radical (unpaired) electrons. The summed E-state index contributed by atoms with van der Waals surface area (Å²) in [5.41, 5.74) is 0.715. The summed E-state index contributed by atoms with van der Waals surface area (Å²) >= 11 is 0. The molecule has 0 spiro atoms. The van der Waals surface area contributed by atoms with E-state index < -0.39 is 5.54 Å². The summed E-state index contributed by atoms with van der Waals surface area (Å²) in [7, 11) is 1.67. The van der Waals surface area contributed by atoms with Crippen LogP contribution in [0.25, 0.3) is 0 Å². The maximum Gasteiger partial charge on any atom is 0.223 e. The Balaban J connectivity index is 1.80. The van der Waals surface area contributed by atoms with Gasteiger partial charge in [0.05, 0.1) is 19.3 Å². The van der Waals surface area contributed by atoms with Crippen molar-refractivity contribution in [1.82, 2.24) is 10.2 Å². The molecule has 5 heteroatoms. The van der Waals surface area contributed by atoms with Gasteiger partial charge in [0.2, 0.25) is 5.91 Å². The molecule has 2 rings (SSSR count). The average Bonchev–Trinajstić information content (AvgIpc) is 2.56. The first-order chi connectivity index (χ1) is 10.9. The summed E-state index contributed by atoms with van der Waals surface area (Å²) in [5, 5.41) is 12.2. The normalized spacial score (nSPS) is 17.0. The molecular weight excluding hydrogens is 292 g/mol. The first kappa shape index (κ1) is 17.8. The van der Waals surface area contributed by atoms with Crippen molar-refractivity contribution in [2.24, 2.45) is 5.92 Å². The van der Waals surface area contributed by atoms with E-state index in [1.165, 1.54) is 5.56 Å². The van der Waals surface area contributed by atoms with Crippen LogP contribution in [0.2, 0.25) is 0 Å². The highest BCUT2D eigenvalue weighted by Gasteiger charge is 2.28. The summed E-state index contributed by atoms with van der Waals surface area (Å²) in [6.45, 7) is 6.37. The number of hydrogen-bond donors (Lipinski definition) is 2. The Hall–Kier alpha value is -1.59.